The van der Waals surface area contributed by atoms with Gasteiger partial charge in [0.1, 0.15) is 5.75 Å². The summed E-state index contributed by atoms with van der Waals surface area (Å²) in [7, 11) is 1.67. The van der Waals surface area contributed by atoms with E-state index in [0.717, 1.165) is 56.3 Å². The normalized spacial score (nSPS) is 14.0. The van der Waals surface area contributed by atoms with E-state index in [1.54, 1.807) is 18.4 Å². The molecule has 6 nitrogen and oxygen atoms in total. The van der Waals surface area contributed by atoms with Crippen molar-refractivity contribution in [2.75, 3.05) is 38.2 Å². The number of ether oxygens (including phenoxy) is 1. The molecule has 1 fully saturated rings. The summed E-state index contributed by atoms with van der Waals surface area (Å²) in [5.41, 5.74) is 4.33. The van der Waals surface area contributed by atoms with Crippen LogP contribution in [0.4, 0.5) is 5.13 Å². The molecule has 0 radical (unpaired) electrons. The van der Waals surface area contributed by atoms with Crippen molar-refractivity contribution in [3.63, 3.8) is 0 Å². The maximum atomic E-state index is 13.7. The van der Waals surface area contributed by atoms with E-state index >= 15 is 0 Å². The Morgan fingerprint density at radius 3 is 2.43 bits per heavy atom. The van der Waals surface area contributed by atoms with Crippen LogP contribution in [-0.2, 0) is 0 Å². The molecule has 35 heavy (non-hydrogen) atoms. The SMILES string of the molecule is COc1ccc2nc(N3CCN(C(=O)c4cc(-c5ccccc5)nc5ccccc45)CC3)sc2c1. The first-order valence-electron chi connectivity index (χ1n) is 11.6. The predicted octanol–water partition coefficient (Wildman–Crippen LogP) is 5.48. The zero-order chi connectivity index (χ0) is 23.8. The maximum absolute atomic E-state index is 13.7. The fourth-order valence-corrected chi connectivity index (χ4v) is 5.58. The quantitative estimate of drug-likeness (QED) is 0.341. The lowest BCUT2D eigenvalue weighted by atomic mass is 10.0. The molecule has 174 valence electrons. The summed E-state index contributed by atoms with van der Waals surface area (Å²) in [6.45, 7) is 2.79. The Morgan fingerprint density at radius 1 is 0.857 bits per heavy atom. The zero-order valence-corrected chi connectivity index (χ0v) is 20.2. The van der Waals surface area contributed by atoms with E-state index in [9.17, 15) is 4.79 Å². The standard InChI is InChI=1S/C28H24N4O2S/c1-34-20-11-12-24-26(17-20)35-28(30-24)32-15-13-31(14-16-32)27(33)22-18-25(19-7-3-2-4-8-19)29-23-10-6-5-9-21(22)23/h2-12,17-18H,13-16H2,1H3. The van der Waals surface area contributed by atoms with E-state index in [2.05, 4.69) is 4.90 Å². The molecule has 1 amide bonds. The van der Waals surface area contributed by atoms with Gasteiger partial charge in [-0.05, 0) is 30.3 Å². The number of rotatable bonds is 4. The second-order valence-electron chi connectivity index (χ2n) is 8.55. The molecule has 0 spiro atoms. The van der Waals surface area contributed by atoms with Gasteiger partial charge in [0.25, 0.3) is 5.91 Å². The average molecular weight is 481 g/mol. The highest BCUT2D eigenvalue weighted by atomic mass is 32.1. The van der Waals surface area contributed by atoms with Crippen molar-refractivity contribution in [3.8, 4) is 17.0 Å². The second-order valence-corrected chi connectivity index (χ2v) is 9.56. The molecule has 0 saturated carbocycles. The Morgan fingerprint density at radius 2 is 1.63 bits per heavy atom. The summed E-state index contributed by atoms with van der Waals surface area (Å²) in [6, 6.07) is 25.8. The van der Waals surface area contributed by atoms with Gasteiger partial charge in [-0.3, -0.25) is 4.79 Å². The minimum atomic E-state index is 0.0504. The lowest BCUT2D eigenvalue weighted by molar-refractivity contribution is 0.0748. The molecule has 6 rings (SSSR count). The molecule has 1 aliphatic rings. The van der Waals surface area contributed by atoms with E-state index in [4.69, 9.17) is 14.7 Å². The van der Waals surface area contributed by atoms with Gasteiger partial charge in [-0.15, -0.1) is 0 Å². The number of carbonyl (C=O) groups is 1. The van der Waals surface area contributed by atoms with Gasteiger partial charge >= 0.3 is 0 Å². The first-order chi connectivity index (χ1) is 17.2. The minimum absolute atomic E-state index is 0.0504. The van der Waals surface area contributed by atoms with Crippen LogP contribution in [0.3, 0.4) is 0 Å². The van der Waals surface area contributed by atoms with Gasteiger partial charge in [0.15, 0.2) is 5.13 Å². The molecule has 1 aliphatic heterocycles. The molecule has 0 N–H and O–H groups in total. The molecule has 0 bridgehead atoms. The van der Waals surface area contributed by atoms with Gasteiger partial charge in [-0.2, -0.15) is 0 Å². The first-order valence-corrected chi connectivity index (χ1v) is 12.5. The van der Waals surface area contributed by atoms with E-state index in [-0.39, 0.29) is 5.91 Å². The van der Waals surface area contributed by atoms with Gasteiger partial charge in [0.05, 0.1) is 34.1 Å². The lowest BCUT2D eigenvalue weighted by Gasteiger charge is -2.34. The number of nitrogens with zero attached hydrogens (tertiary/aromatic N) is 4. The summed E-state index contributed by atoms with van der Waals surface area (Å²) in [4.78, 5) is 27.5. The van der Waals surface area contributed by atoms with Crippen molar-refractivity contribution >= 4 is 43.5 Å². The minimum Gasteiger partial charge on any atom is -0.497 e. The molecule has 0 atom stereocenters. The van der Waals surface area contributed by atoms with Crippen LogP contribution in [0.1, 0.15) is 10.4 Å². The number of anilines is 1. The molecule has 2 aromatic heterocycles. The number of amides is 1. The highest BCUT2D eigenvalue weighted by molar-refractivity contribution is 7.22. The number of fused-ring (bicyclic) bond motifs is 2. The molecule has 3 heterocycles. The maximum Gasteiger partial charge on any atom is 0.254 e. The van der Waals surface area contributed by atoms with Crippen LogP contribution in [0.2, 0.25) is 0 Å². The third-order valence-electron chi connectivity index (χ3n) is 6.44. The van der Waals surface area contributed by atoms with Crippen LogP contribution in [0, 0.1) is 0 Å². The zero-order valence-electron chi connectivity index (χ0n) is 19.3. The van der Waals surface area contributed by atoms with Crippen LogP contribution >= 0.6 is 11.3 Å². The number of hydrogen-bond acceptors (Lipinski definition) is 6. The van der Waals surface area contributed by atoms with Gasteiger partial charge in [0.2, 0.25) is 0 Å². The smallest absolute Gasteiger partial charge is 0.254 e. The molecular formula is C28H24N4O2S. The van der Waals surface area contributed by atoms with Crippen LogP contribution in [0.5, 0.6) is 5.75 Å². The Kier molecular flexibility index (Phi) is 5.54. The van der Waals surface area contributed by atoms with Crippen molar-refractivity contribution in [1.29, 1.82) is 0 Å². The highest BCUT2D eigenvalue weighted by Gasteiger charge is 2.26. The molecule has 0 unspecified atom stereocenters. The van der Waals surface area contributed by atoms with Gasteiger partial charge in [-0.1, -0.05) is 59.9 Å². The van der Waals surface area contributed by atoms with Crippen LogP contribution in [0.15, 0.2) is 78.9 Å². The van der Waals surface area contributed by atoms with Gasteiger partial charge in [0, 0.05) is 37.1 Å². The van der Waals surface area contributed by atoms with Crippen molar-refractivity contribution in [1.82, 2.24) is 14.9 Å². The van der Waals surface area contributed by atoms with Crippen LogP contribution in [0.25, 0.3) is 32.4 Å². The third kappa shape index (κ3) is 4.08. The number of aromatic nitrogens is 2. The Balaban J connectivity index is 1.25. The van der Waals surface area contributed by atoms with Gasteiger partial charge in [-0.25, -0.2) is 9.97 Å². The largest absolute Gasteiger partial charge is 0.497 e. The summed E-state index contributed by atoms with van der Waals surface area (Å²) in [6.07, 6.45) is 0. The number of carbonyl (C=O) groups excluding carboxylic acids is 1. The number of benzene rings is 3. The number of para-hydroxylation sites is 1. The van der Waals surface area contributed by atoms with Gasteiger partial charge < -0.3 is 14.5 Å². The van der Waals surface area contributed by atoms with Crippen LogP contribution in [-0.4, -0.2) is 54.1 Å². The highest BCUT2D eigenvalue weighted by Crippen LogP contribution is 2.32. The predicted molar refractivity (Wildman–Crippen MR) is 141 cm³/mol. The Bertz CT molecular complexity index is 1520. The van der Waals surface area contributed by atoms with Crippen LogP contribution < -0.4 is 9.64 Å². The summed E-state index contributed by atoms with van der Waals surface area (Å²) in [5, 5.41) is 1.88. The molecule has 3 aromatic carbocycles. The van der Waals surface area contributed by atoms with E-state index < -0.39 is 0 Å². The fourth-order valence-electron chi connectivity index (χ4n) is 4.54. The monoisotopic (exact) mass is 480 g/mol. The average Bonchev–Trinajstić information content (AvgIpc) is 3.36. The second kappa shape index (κ2) is 9.00. The fraction of sp³-hybridized carbons (Fsp3) is 0.179. The molecule has 0 aliphatic carbocycles. The molecular weight excluding hydrogens is 456 g/mol. The Hall–Kier alpha value is -3.97. The number of pyridine rings is 1. The van der Waals surface area contributed by atoms with Crippen molar-refractivity contribution in [2.24, 2.45) is 0 Å². The first kappa shape index (κ1) is 21.6. The number of methoxy groups -OCH3 is 1. The summed E-state index contributed by atoms with van der Waals surface area (Å²) >= 11 is 1.66. The number of thiazole rings is 1. The summed E-state index contributed by atoms with van der Waals surface area (Å²) < 4.78 is 6.45. The number of hydrogen-bond donors (Lipinski definition) is 0. The Labute approximate surface area is 207 Å². The van der Waals surface area contributed by atoms with Crippen molar-refractivity contribution < 1.29 is 9.53 Å². The van der Waals surface area contributed by atoms with E-state index in [1.165, 1.54) is 0 Å². The number of piperazine rings is 1. The molecule has 1 saturated heterocycles. The lowest BCUT2D eigenvalue weighted by Crippen LogP contribution is -2.48. The van der Waals surface area contributed by atoms with E-state index in [1.807, 2.05) is 83.8 Å². The van der Waals surface area contributed by atoms with Crippen molar-refractivity contribution in [2.45, 2.75) is 0 Å². The molecule has 7 heteroatoms. The molecule has 5 aromatic rings. The third-order valence-corrected chi connectivity index (χ3v) is 7.52. The van der Waals surface area contributed by atoms with E-state index in [0.29, 0.717) is 18.7 Å². The van der Waals surface area contributed by atoms with Crippen molar-refractivity contribution in [3.05, 3.63) is 84.4 Å². The topological polar surface area (TPSA) is 58.6 Å². The summed E-state index contributed by atoms with van der Waals surface area (Å²) in [5.74, 6) is 0.886.